The van der Waals surface area contributed by atoms with Crippen molar-refractivity contribution in [2.45, 2.75) is 20.8 Å². The number of fused-ring (bicyclic) bond motifs is 1. The summed E-state index contributed by atoms with van der Waals surface area (Å²) in [7, 11) is 0. The Morgan fingerprint density at radius 3 is 2.55 bits per heavy atom. The van der Waals surface area contributed by atoms with Crippen LogP contribution in [0.25, 0.3) is 22.0 Å². The monoisotopic (exact) mass is 294 g/mol. The third-order valence-electron chi connectivity index (χ3n) is 3.64. The molecule has 0 saturated heterocycles. The Balaban J connectivity index is 2.31. The van der Waals surface area contributed by atoms with Crippen molar-refractivity contribution in [3.05, 3.63) is 48.4 Å². The molecule has 0 fully saturated rings. The molecule has 112 valence electrons. The number of rotatable bonds is 2. The molecule has 0 atom stereocenters. The summed E-state index contributed by atoms with van der Waals surface area (Å²) in [6.45, 7) is 5.70. The molecule has 2 aromatic heterocycles. The SMILES string of the molecule is CC(C)(C)C(=O)c1ccc(-c2ccoc2)c2ccc(N)nc12. The molecule has 0 unspecified atom stereocenters. The van der Waals surface area contributed by atoms with Crippen molar-refractivity contribution in [2.75, 3.05) is 5.73 Å². The lowest BCUT2D eigenvalue weighted by atomic mass is 9.85. The standard InChI is InChI=1S/C18H18N2O2/c1-18(2,3)17(21)14-5-4-12(11-8-9-22-10-11)13-6-7-15(19)20-16(13)14/h4-10H,1-3H3,(H2,19,20). The van der Waals surface area contributed by atoms with Gasteiger partial charge in [-0.2, -0.15) is 0 Å². The van der Waals surface area contributed by atoms with Crippen molar-refractivity contribution in [2.24, 2.45) is 5.41 Å². The van der Waals surface area contributed by atoms with Crippen molar-refractivity contribution in [1.29, 1.82) is 0 Å². The summed E-state index contributed by atoms with van der Waals surface area (Å²) in [6, 6.07) is 9.29. The van der Waals surface area contributed by atoms with Crippen molar-refractivity contribution in [1.82, 2.24) is 4.98 Å². The summed E-state index contributed by atoms with van der Waals surface area (Å²) < 4.78 is 5.16. The fourth-order valence-electron chi connectivity index (χ4n) is 2.49. The van der Waals surface area contributed by atoms with Gasteiger partial charge in [0.05, 0.1) is 18.0 Å². The number of carbonyl (C=O) groups excluding carboxylic acids is 1. The number of pyridine rings is 1. The molecule has 0 aliphatic carbocycles. The number of nitrogens with two attached hydrogens (primary N) is 1. The largest absolute Gasteiger partial charge is 0.472 e. The molecule has 0 aliphatic heterocycles. The second-order valence-corrected chi connectivity index (χ2v) is 6.38. The maximum Gasteiger partial charge on any atom is 0.170 e. The van der Waals surface area contributed by atoms with E-state index < -0.39 is 5.41 Å². The maximum absolute atomic E-state index is 12.7. The van der Waals surface area contributed by atoms with Crippen molar-refractivity contribution in [3.8, 4) is 11.1 Å². The lowest BCUT2D eigenvalue weighted by Crippen LogP contribution is -2.20. The van der Waals surface area contributed by atoms with Crippen LogP contribution in [0.4, 0.5) is 5.82 Å². The summed E-state index contributed by atoms with van der Waals surface area (Å²) in [6.07, 6.45) is 3.30. The molecule has 0 aliphatic rings. The molecule has 4 nitrogen and oxygen atoms in total. The van der Waals surface area contributed by atoms with Crippen LogP contribution in [-0.2, 0) is 0 Å². The van der Waals surface area contributed by atoms with Crippen LogP contribution >= 0.6 is 0 Å². The number of nitrogen functional groups attached to an aromatic ring is 1. The Kier molecular flexibility index (Phi) is 3.24. The van der Waals surface area contributed by atoms with Crippen LogP contribution in [0.3, 0.4) is 0 Å². The van der Waals surface area contributed by atoms with Crippen molar-refractivity contribution < 1.29 is 9.21 Å². The van der Waals surface area contributed by atoms with Gasteiger partial charge < -0.3 is 10.2 Å². The molecule has 0 spiro atoms. The highest BCUT2D eigenvalue weighted by Gasteiger charge is 2.25. The van der Waals surface area contributed by atoms with E-state index in [1.54, 1.807) is 18.6 Å². The Hall–Kier alpha value is -2.62. The predicted molar refractivity (Wildman–Crippen MR) is 87.6 cm³/mol. The van der Waals surface area contributed by atoms with Crippen LogP contribution in [0.5, 0.6) is 0 Å². The van der Waals surface area contributed by atoms with Crippen LogP contribution in [0.2, 0.25) is 0 Å². The average molecular weight is 294 g/mol. The van der Waals surface area contributed by atoms with Gasteiger partial charge in [-0.05, 0) is 29.8 Å². The zero-order valence-corrected chi connectivity index (χ0v) is 12.9. The Bertz CT molecular complexity index is 843. The van der Waals surface area contributed by atoms with Gasteiger partial charge in [-0.15, -0.1) is 0 Å². The molecular weight excluding hydrogens is 276 g/mol. The Labute approximate surface area is 129 Å². The van der Waals surface area contributed by atoms with Crippen molar-refractivity contribution in [3.63, 3.8) is 0 Å². The quantitative estimate of drug-likeness (QED) is 0.715. The molecule has 0 bridgehead atoms. The minimum atomic E-state index is -0.476. The number of ketones is 1. The van der Waals surface area contributed by atoms with Gasteiger partial charge in [-0.3, -0.25) is 4.79 Å². The minimum absolute atomic E-state index is 0.0503. The highest BCUT2D eigenvalue weighted by molar-refractivity contribution is 6.12. The summed E-state index contributed by atoms with van der Waals surface area (Å²) in [5.74, 6) is 0.453. The van der Waals surface area contributed by atoms with Gasteiger partial charge in [0.25, 0.3) is 0 Å². The van der Waals surface area contributed by atoms with Crippen LogP contribution in [0.1, 0.15) is 31.1 Å². The molecule has 0 saturated carbocycles. The first-order valence-electron chi connectivity index (χ1n) is 7.14. The van der Waals surface area contributed by atoms with Crippen LogP contribution in [0, 0.1) is 5.41 Å². The summed E-state index contributed by atoms with van der Waals surface area (Å²) in [5, 5.41) is 0.894. The number of furan rings is 1. The number of hydrogen-bond donors (Lipinski definition) is 1. The van der Waals surface area contributed by atoms with Gasteiger partial charge in [0, 0.05) is 21.9 Å². The van der Waals surface area contributed by atoms with Gasteiger partial charge in [-0.1, -0.05) is 26.8 Å². The first kappa shape index (κ1) is 14.3. The predicted octanol–water partition coefficient (Wildman–Crippen LogP) is 4.31. The summed E-state index contributed by atoms with van der Waals surface area (Å²) in [4.78, 5) is 17.1. The third-order valence-corrected chi connectivity index (χ3v) is 3.64. The fourth-order valence-corrected chi connectivity index (χ4v) is 2.49. The Morgan fingerprint density at radius 1 is 1.14 bits per heavy atom. The second kappa shape index (κ2) is 4.98. The topological polar surface area (TPSA) is 69.1 Å². The highest BCUT2D eigenvalue weighted by atomic mass is 16.3. The molecule has 2 N–H and O–H groups in total. The van der Waals surface area contributed by atoms with Gasteiger partial charge in [0.1, 0.15) is 5.82 Å². The number of nitrogens with zero attached hydrogens (tertiary/aromatic N) is 1. The maximum atomic E-state index is 12.7. The lowest BCUT2D eigenvalue weighted by molar-refractivity contribution is 0.0860. The smallest absolute Gasteiger partial charge is 0.170 e. The van der Waals surface area contributed by atoms with Gasteiger partial charge in [0.15, 0.2) is 5.78 Å². The number of carbonyl (C=O) groups is 1. The normalized spacial score (nSPS) is 11.8. The zero-order valence-electron chi connectivity index (χ0n) is 12.9. The van der Waals surface area contributed by atoms with Crippen molar-refractivity contribution >= 4 is 22.5 Å². The van der Waals surface area contributed by atoms with Crippen LogP contribution in [-0.4, -0.2) is 10.8 Å². The minimum Gasteiger partial charge on any atom is -0.472 e. The molecule has 22 heavy (non-hydrogen) atoms. The van der Waals surface area contributed by atoms with E-state index in [-0.39, 0.29) is 5.78 Å². The second-order valence-electron chi connectivity index (χ2n) is 6.38. The third kappa shape index (κ3) is 2.37. The molecular formula is C18H18N2O2. The molecule has 0 radical (unpaired) electrons. The van der Waals surface area contributed by atoms with E-state index in [9.17, 15) is 4.79 Å². The van der Waals surface area contributed by atoms with Crippen LogP contribution < -0.4 is 5.73 Å². The van der Waals surface area contributed by atoms with E-state index in [2.05, 4.69) is 4.98 Å². The highest BCUT2D eigenvalue weighted by Crippen LogP contribution is 2.33. The number of benzene rings is 1. The Morgan fingerprint density at radius 2 is 1.91 bits per heavy atom. The zero-order chi connectivity index (χ0) is 15.9. The van der Waals surface area contributed by atoms with E-state index in [1.165, 1.54) is 0 Å². The first-order chi connectivity index (χ1) is 10.4. The number of aromatic nitrogens is 1. The number of anilines is 1. The molecule has 3 aromatic rings. The number of Topliss-reactive ketones (excluding diaryl/α,β-unsaturated/α-hetero) is 1. The van der Waals surface area contributed by atoms with Crippen LogP contribution in [0.15, 0.2) is 47.3 Å². The van der Waals surface area contributed by atoms with Gasteiger partial charge in [0.2, 0.25) is 0 Å². The molecule has 2 heterocycles. The average Bonchev–Trinajstić information content (AvgIpc) is 2.98. The van der Waals surface area contributed by atoms with Gasteiger partial charge in [-0.25, -0.2) is 4.98 Å². The fraction of sp³-hybridized carbons (Fsp3) is 0.222. The van der Waals surface area contributed by atoms with E-state index in [0.717, 1.165) is 16.5 Å². The summed E-state index contributed by atoms with van der Waals surface area (Å²) >= 11 is 0. The van der Waals surface area contributed by atoms with E-state index in [4.69, 9.17) is 10.2 Å². The lowest BCUT2D eigenvalue weighted by Gasteiger charge is -2.18. The first-order valence-corrected chi connectivity index (χ1v) is 7.14. The van der Waals surface area contributed by atoms with Gasteiger partial charge >= 0.3 is 0 Å². The van der Waals surface area contributed by atoms with E-state index in [0.29, 0.717) is 16.9 Å². The molecule has 1 aromatic carbocycles. The molecule has 3 rings (SSSR count). The van der Waals surface area contributed by atoms with E-state index >= 15 is 0 Å². The molecule has 0 amide bonds. The molecule has 4 heteroatoms. The number of hydrogen-bond acceptors (Lipinski definition) is 4. The van der Waals surface area contributed by atoms with E-state index in [1.807, 2.05) is 45.0 Å². The summed E-state index contributed by atoms with van der Waals surface area (Å²) in [5.41, 5.74) is 8.51.